The Bertz CT molecular complexity index is 704. The first-order chi connectivity index (χ1) is 11.2. The molecule has 136 valence electrons. The highest BCUT2D eigenvalue weighted by atomic mass is 32.2. The zero-order valence-corrected chi connectivity index (χ0v) is 16.3. The highest BCUT2D eigenvalue weighted by Gasteiger charge is 2.35. The summed E-state index contributed by atoms with van der Waals surface area (Å²) in [6.07, 6.45) is 2.43. The van der Waals surface area contributed by atoms with Crippen molar-refractivity contribution in [1.29, 1.82) is 0 Å². The largest absolute Gasteiger partial charge is 0.346 e. The second-order valence-corrected chi connectivity index (χ2v) is 9.39. The smallest absolute Gasteiger partial charge is 0.255 e. The normalized spacial score (nSPS) is 19.8. The zero-order chi connectivity index (χ0) is 18.1. The van der Waals surface area contributed by atoms with E-state index in [2.05, 4.69) is 25.3 Å². The highest BCUT2D eigenvalue weighted by Crippen LogP contribution is 2.25. The number of rotatable bonds is 6. The predicted molar refractivity (Wildman–Crippen MR) is 97.3 cm³/mol. The monoisotopic (exact) mass is 354 g/mol. The van der Waals surface area contributed by atoms with Crippen molar-refractivity contribution < 1.29 is 13.2 Å². The fourth-order valence-electron chi connectivity index (χ4n) is 3.74. The number of sulfone groups is 1. The number of nitrogens with zero attached hydrogens (tertiary/aromatic N) is 2. The van der Waals surface area contributed by atoms with Gasteiger partial charge < -0.3 is 9.47 Å². The van der Waals surface area contributed by atoms with E-state index >= 15 is 0 Å². The fraction of sp³-hybridized carbons (Fsp3) is 0.722. The van der Waals surface area contributed by atoms with Gasteiger partial charge in [-0.05, 0) is 46.6 Å². The molecule has 1 aromatic heterocycles. The SMILES string of the molecule is CCCCN(C(=O)c1cc(C)n(C(C)C)c1C)C1CCS(=O)(=O)C1. The minimum atomic E-state index is -3.01. The van der Waals surface area contributed by atoms with Crippen LogP contribution in [0.25, 0.3) is 0 Å². The van der Waals surface area contributed by atoms with Gasteiger partial charge in [-0.1, -0.05) is 13.3 Å². The highest BCUT2D eigenvalue weighted by molar-refractivity contribution is 7.91. The molecule has 1 unspecified atom stereocenters. The van der Waals surface area contributed by atoms with Crippen molar-refractivity contribution in [3.8, 4) is 0 Å². The molecule has 1 atom stereocenters. The van der Waals surface area contributed by atoms with Crippen molar-refractivity contribution in [2.24, 2.45) is 0 Å². The first kappa shape index (κ1) is 19.0. The molecule has 6 heteroatoms. The van der Waals surface area contributed by atoms with Crippen molar-refractivity contribution in [1.82, 2.24) is 9.47 Å². The molecule has 0 aromatic carbocycles. The molecule has 2 rings (SSSR count). The number of carbonyl (C=O) groups excluding carboxylic acids is 1. The average Bonchev–Trinajstić information content (AvgIpc) is 2.98. The third-order valence-corrected chi connectivity index (χ3v) is 6.64. The summed E-state index contributed by atoms with van der Waals surface area (Å²) in [4.78, 5) is 15.0. The molecule has 0 radical (unpaired) electrons. The molecule has 1 fully saturated rings. The standard InChI is InChI=1S/C18H30N2O3S/c1-6-7-9-19(16-8-10-24(22,23)12-16)18(21)17-11-14(4)20(13(2)3)15(17)5/h11,13,16H,6-10,12H2,1-5H3. The quantitative estimate of drug-likeness (QED) is 0.788. The first-order valence-corrected chi connectivity index (χ1v) is 10.7. The molecule has 5 nitrogen and oxygen atoms in total. The molecule has 0 aliphatic carbocycles. The number of hydrogen-bond donors (Lipinski definition) is 0. The summed E-state index contributed by atoms with van der Waals surface area (Å²) in [6.45, 7) is 10.9. The van der Waals surface area contributed by atoms with Gasteiger partial charge in [0.25, 0.3) is 5.91 Å². The second kappa shape index (κ2) is 7.30. The van der Waals surface area contributed by atoms with Crippen LogP contribution < -0.4 is 0 Å². The van der Waals surface area contributed by atoms with E-state index in [9.17, 15) is 13.2 Å². The van der Waals surface area contributed by atoms with Crippen molar-refractivity contribution in [3.05, 3.63) is 23.0 Å². The van der Waals surface area contributed by atoms with E-state index in [1.807, 2.05) is 19.9 Å². The summed E-state index contributed by atoms with van der Waals surface area (Å²) in [6, 6.07) is 2.05. The van der Waals surface area contributed by atoms with Crippen LogP contribution in [0.2, 0.25) is 0 Å². The fourth-order valence-corrected chi connectivity index (χ4v) is 5.47. The Morgan fingerprint density at radius 1 is 1.38 bits per heavy atom. The van der Waals surface area contributed by atoms with Gasteiger partial charge in [-0.2, -0.15) is 0 Å². The lowest BCUT2D eigenvalue weighted by Crippen LogP contribution is -2.42. The van der Waals surface area contributed by atoms with E-state index < -0.39 is 9.84 Å². The van der Waals surface area contributed by atoms with E-state index in [0.29, 0.717) is 24.6 Å². The molecule has 1 aromatic rings. The number of carbonyl (C=O) groups is 1. The number of amides is 1. The van der Waals surface area contributed by atoms with Gasteiger partial charge in [0.1, 0.15) is 0 Å². The number of hydrogen-bond acceptors (Lipinski definition) is 3. The summed E-state index contributed by atoms with van der Waals surface area (Å²) < 4.78 is 25.9. The molecular formula is C18H30N2O3S. The summed E-state index contributed by atoms with van der Waals surface area (Å²) in [5, 5.41) is 0. The number of aromatic nitrogens is 1. The maximum Gasteiger partial charge on any atom is 0.255 e. The van der Waals surface area contributed by atoms with Gasteiger partial charge in [0.05, 0.1) is 17.1 Å². The van der Waals surface area contributed by atoms with Gasteiger partial charge in [-0.3, -0.25) is 4.79 Å². The summed E-state index contributed by atoms with van der Waals surface area (Å²) in [5.74, 6) is 0.273. The molecular weight excluding hydrogens is 324 g/mol. The third-order valence-electron chi connectivity index (χ3n) is 4.89. The summed E-state index contributed by atoms with van der Waals surface area (Å²) in [5.41, 5.74) is 2.75. The van der Waals surface area contributed by atoms with Crippen molar-refractivity contribution in [2.45, 2.75) is 66.0 Å². The molecule has 1 saturated heterocycles. The molecule has 0 bridgehead atoms. The van der Waals surface area contributed by atoms with Crippen molar-refractivity contribution in [2.75, 3.05) is 18.1 Å². The van der Waals surface area contributed by atoms with E-state index in [0.717, 1.165) is 24.2 Å². The molecule has 2 heterocycles. The van der Waals surface area contributed by atoms with E-state index in [-0.39, 0.29) is 23.5 Å². The summed E-state index contributed by atoms with van der Waals surface area (Å²) in [7, 11) is -3.01. The van der Waals surface area contributed by atoms with E-state index in [1.165, 1.54) is 0 Å². The van der Waals surface area contributed by atoms with Crippen LogP contribution in [-0.4, -0.2) is 47.9 Å². The van der Waals surface area contributed by atoms with Crippen LogP contribution in [0.15, 0.2) is 6.07 Å². The van der Waals surface area contributed by atoms with Gasteiger partial charge in [-0.15, -0.1) is 0 Å². The van der Waals surface area contributed by atoms with Gasteiger partial charge in [-0.25, -0.2) is 8.42 Å². The van der Waals surface area contributed by atoms with E-state index in [1.54, 1.807) is 4.90 Å². The lowest BCUT2D eigenvalue weighted by molar-refractivity contribution is 0.0693. The lowest BCUT2D eigenvalue weighted by Gasteiger charge is -2.28. The Balaban J connectivity index is 2.33. The number of aryl methyl sites for hydroxylation is 1. The summed E-state index contributed by atoms with van der Waals surface area (Å²) >= 11 is 0. The average molecular weight is 355 g/mol. The minimum absolute atomic E-state index is 0.0226. The van der Waals surface area contributed by atoms with Gasteiger partial charge in [0.15, 0.2) is 9.84 Å². The first-order valence-electron chi connectivity index (χ1n) is 8.87. The molecule has 1 aliphatic rings. The van der Waals surface area contributed by atoms with Gasteiger partial charge >= 0.3 is 0 Å². The zero-order valence-electron chi connectivity index (χ0n) is 15.5. The van der Waals surface area contributed by atoms with Crippen LogP contribution in [0.1, 0.15) is 67.8 Å². The van der Waals surface area contributed by atoms with Crippen LogP contribution in [0.3, 0.4) is 0 Å². The predicted octanol–water partition coefficient (Wildman–Crippen LogP) is 3.12. The lowest BCUT2D eigenvalue weighted by atomic mass is 10.1. The molecule has 1 aliphatic heterocycles. The van der Waals surface area contributed by atoms with Crippen LogP contribution in [-0.2, 0) is 9.84 Å². The minimum Gasteiger partial charge on any atom is -0.346 e. The third kappa shape index (κ3) is 3.85. The van der Waals surface area contributed by atoms with E-state index in [4.69, 9.17) is 0 Å². The number of unbranched alkanes of at least 4 members (excludes halogenated alkanes) is 1. The Kier molecular flexibility index (Phi) is 5.78. The molecule has 0 saturated carbocycles. The molecule has 24 heavy (non-hydrogen) atoms. The Hall–Kier alpha value is -1.30. The topological polar surface area (TPSA) is 59.4 Å². The Morgan fingerprint density at radius 3 is 2.50 bits per heavy atom. The maximum absolute atomic E-state index is 13.2. The van der Waals surface area contributed by atoms with Crippen LogP contribution in [0.5, 0.6) is 0 Å². The second-order valence-electron chi connectivity index (χ2n) is 7.16. The van der Waals surface area contributed by atoms with Crippen LogP contribution in [0.4, 0.5) is 0 Å². The molecule has 1 amide bonds. The molecule has 0 spiro atoms. The van der Waals surface area contributed by atoms with Gasteiger partial charge in [0.2, 0.25) is 0 Å². The van der Waals surface area contributed by atoms with Crippen LogP contribution >= 0.6 is 0 Å². The van der Waals surface area contributed by atoms with Crippen molar-refractivity contribution in [3.63, 3.8) is 0 Å². The molecule has 0 N–H and O–H groups in total. The Morgan fingerprint density at radius 2 is 2.04 bits per heavy atom. The van der Waals surface area contributed by atoms with Crippen LogP contribution in [0, 0.1) is 13.8 Å². The van der Waals surface area contributed by atoms with Gasteiger partial charge in [0, 0.05) is 30.0 Å². The Labute approximate surface area is 146 Å². The maximum atomic E-state index is 13.2. The van der Waals surface area contributed by atoms with Crippen molar-refractivity contribution >= 4 is 15.7 Å².